The van der Waals surface area contributed by atoms with Crippen molar-refractivity contribution < 1.29 is 13.2 Å². The first-order chi connectivity index (χ1) is 12.9. The van der Waals surface area contributed by atoms with Gasteiger partial charge in [-0.1, -0.05) is 37.3 Å². The summed E-state index contributed by atoms with van der Waals surface area (Å²) in [5.41, 5.74) is 3.77. The van der Waals surface area contributed by atoms with E-state index in [0.717, 1.165) is 11.2 Å². The summed E-state index contributed by atoms with van der Waals surface area (Å²) in [6, 6.07) is 14.1. The zero-order chi connectivity index (χ0) is 19.2. The van der Waals surface area contributed by atoms with E-state index in [-0.39, 0.29) is 16.7 Å². The fraction of sp³-hybridized carbons (Fsp3) is 0.286. The number of Topliss-reactive ketones (excluding diaryl/α,β-unsaturated/α-hetero) is 1. The molecule has 0 saturated carbocycles. The van der Waals surface area contributed by atoms with Crippen LogP contribution in [-0.4, -0.2) is 30.0 Å². The third-order valence-electron chi connectivity index (χ3n) is 5.36. The molecule has 2 heterocycles. The van der Waals surface area contributed by atoms with E-state index < -0.39 is 10.0 Å². The molecule has 1 unspecified atom stereocenters. The van der Waals surface area contributed by atoms with Gasteiger partial charge in [-0.25, -0.2) is 8.42 Å². The number of nitrogens with zero attached hydrogens (tertiary/aromatic N) is 1. The van der Waals surface area contributed by atoms with Crippen LogP contribution in [0.1, 0.15) is 47.9 Å². The third-order valence-corrected chi connectivity index (χ3v) is 7.29. The molecule has 0 saturated heterocycles. The van der Waals surface area contributed by atoms with Crippen molar-refractivity contribution in [2.24, 2.45) is 0 Å². The van der Waals surface area contributed by atoms with Gasteiger partial charge in [0, 0.05) is 28.7 Å². The van der Waals surface area contributed by atoms with Gasteiger partial charge in [-0.15, -0.1) is 0 Å². The molecule has 3 aromatic rings. The minimum Gasteiger partial charge on any atom is -0.357 e. The minimum atomic E-state index is -3.64. The molecule has 4 rings (SSSR count). The van der Waals surface area contributed by atoms with Crippen LogP contribution >= 0.6 is 0 Å². The molecule has 1 atom stereocenters. The number of para-hydroxylation sites is 1. The Balaban J connectivity index is 1.76. The second-order valence-corrected chi connectivity index (χ2v) is 8.82. The van der Waals surface area contributed by atoms with Gasteiger partial charge in [-0.2, -0.15) is 4.31 Å². The standard InChI is InChI=1S/C21H22N2O3S/c1-3-20-21-18(17-6-4-5-7-19(17)22-21)12-13-23(20)27(25,26)16-10-8-15(9-11-16)14(2)24/h4-11,20,22H,3,12-13H2,1-2H3. The molecule has 1 aliphatic rings. The normalized spacial score (nSPS) is 17.8. The van der Waals surface area contributed by atoms with Gasteiger partial charge < -0.3 is 4.98 Å². The van der Waals surface area contributed by atoms with Crippen LogP contribution in [0.2, 0.25) is 0 Å². The van der Waals surface area contributed by atoms with E-state index in [1.165, 1.54) is 30.0 Å². The average molecular weight is 382 g/mol. The van der Waals surface area contributed by atoms with Gasteiger partial charge in [-0.05, 0) is 43.5 Å². The van der Waals surface area contributed by atoms with Crippen LogP contribution in [0.25, 0.3) is 10.9 Å². The molecule has 1 N–H and O–H groups in total. The predicted molar refractivity (Wildman–Crippen MR) is 105 cm³/mol. The Morgan fingerprint density at radius 2 is 1.85 bits per heavy atom. The number of carbonyl (C=O) groups excluding carboxylic acids is 1. The predicted octanol–water partition coefficient (Wildman–Crippen LogP) is 4.07. The number of fused-ring (bicyclic) bond motifs is 3. The fourth-order valence-corrected chi connectivity index (χ4v) is 5.66. The summed E-state index contributed by atoms with van der Waals surface area (Å²) in [6.45, 7) is 3.93. The Labute approximate surface area is 159 Å². The first-order valence-electron chi connectivity index (χ1n) is 9.15. The van der Waals surface area contributed by atoms with Gasteiger partial charge >= 0.3 is 0 Å². The molecule has 0 fully saturated rings. The van der Waals surface area contributed by atoms with Crippen LogP contribution in [0.5, 0.6) is 0 Å². The van der Waals surface area contributed by atoms with Crippen molar-refractivity contribution in [3.8, 4) is 0 Å². The summed E-state index contributed by atoms with van der Waals surface area (Å²) < 4.78 is 28.2. The SMILES string of the molecule is CCC1c2[nH]c3ccccc3c2CCN1S(=O)(=O)c1ccc(C(C)=O)cc1. The number of aromatic amines is 1. The summed E-state index contributed by atoms with van der Waals surface area (Å²) in [4.78, 5) is 15.1. The Hall–Kier alpha value is -2.44. The lowest BCUT2D eigenvalue weighted by molar-refractivity contribution is 0.101. The van der Waals surface area contributed by atoms with Crippen molar-refractivity contribution in [2.45, 2.75) is 37.6 Å². The molecule has 0 amide bonds. The summed E-state index contributed by atoms with van der Waals surface area (Å²) in [5.74, 6) is -0.0777. The van der Waals surface area contributed by atoms with E-state index in [1.54, 1.807) is 16.4 Å². The molecule has 27 heavy (non-hydrogen) atoms. The molecular weight excluding hydrogens is 360 g/mol. The molecule has 1 aliphatic heterocycles. The quantitative estimate of drug-likeness (QED) is 0.692. The number of hydrogen-bond acceptors (Lipinski definition) is 3. The van der Waals surface area contributed by atoms with E-state index in [2.05, 4.69) is 11.1 Å². The van der Waals surface area contributed by atoms with Crippen LogP contribution in [0, 0.1) is 0 Å². The van der Waals surface area contributed by atoms with Crippen molar-refractivity contribution in [2.75, 3.05) is 6.54 Å². The summed E-state index contributed by atoms with van der Waals surface area (Å²) >= 11 is 0. The molecule has 0 spiro atoms. The number of sulfonamides is 1. The second-order valence-electron chi connectivity index (χ2n) is 6.93. The van der Waals surface area contributed by atoms with Crippen LogP contribution in [0.15, 0.2) is 53.4 Å². The Bertz CT molecular complexity index is 1110. The molecule has 140 valence electrons. The van der Waals surface area contributed by atoms with E-state index in [4.69, 9.17) is 0 Å². The lowest BCUT2D eigenvalue weighted by Crippen LogP contribution is -2.39. The van der Waals surface area contributed by atoms with E-state index in [1.807, 2.05) is 25.1 Å². The lowest BCUT2D eigenvalue weighted by Gasteiger charge is -2.34. The van der Waals surface area contributed by atoms with Crippen LogP contribution in [0.4, 0.5) is 0 Å². The molecule has 1 aromatic heterocycles. The topological polar surface area (TPSA) is 70.2 Å². The molecule has 5 nitrogen and oxygen atoms in total. The summed E-state index contributed by atoms with van der Waals surface area (Å²) in [5, 5.41) is 1.17. The fourth-order valence-electron chi connectivity index (χ4n) is 3.99. The highest BCUT2D eigenvalue weighted by Crippen LogP contribution is 2.39. The first kappa shape index (κ1) is 17.9. The van der Waals surface area contributed by atoms with Gasteiger partial charge in [0.25, 0.3) is 0 Å². The van der Waals surface area contributed by atoms with Crippen LogP contribution in [0.3, 0.4) is 0 Å². The van der Waals surface area contributed by atoms with Gasteiger partial charge in [0.2, 0.25) is 10.0 Å². The van der Waals surface area contributed by atoms with Crippen molar-refractivity contribution in [3.05, 3.63) is 65.4 Å². The smallest absolute Gasteiger partial charge is 0.243 e. The number of carbonyl (C=O) groups is 1. The van der Waals surface area contributed by atoms with Crippen LogP contribution < -0.4 is 0 Å². The Morgan fingerprint density at radius 3 is 2.52 bits per heavy atom. The van der Waals surface area contributed by atoms with Crippen molar-refractivity contribution in [3.63, 3.8) is 0 Å². The first-order valence-corrected chi connectivity index (χ1v) is 10.6. The molecular formula is C21H22N2O3S. The number of nitrogens with one attached hydrogen (secondary N) is 1. The van der Waals surface area contributed by atoms with Crippen molar-refractivity contribution in [1.29, 1.82) is 0 Å². The number of aromatic nitrogens is 1. The van der Waals surface area contributed by atoms with Gasteiger partial charge in [0.15, 0.2) is 5.78 Å². The number of hydrogen-bond donors (Lipinski definition) is 1. The number of H-pyrrole nitrogens is 1. The molecule has 0 radical (unpaired) electrons. The molecule has 0 aliphatic carbocycles. The number of benzene rings is 2. The van der Waals surface area contributed by atoms with Gasteiger partial charge in [-0.3, -0.25) is 4.79 Å². The average Bonchev–Trinajstić information content (AvgIpc) is 3.06. The Kier molecular flexibility index (Phi) is 4.40. The van der Waals surface area contributed by atoms with E-state index >= 15 is 0 Å². The second kappa shape index (κ2) is 6.62. The van der Waals surface area contributed by atoms with E-state index in [9.17, 15) is 13.2 Å². The van der Waals surface area contributed by atoms with Gasteiger partial charge in [0.05, 0.1) is 10.9 Å². The maximum absolute atomic E-state index is 13.3. The molecule has 2 aromatic carbocycles. The highest BCUT2D eigenvalue weighted by molar-refractivity contribution is 7.89. The zero-order valence-electron chi connectivity index (χ0n) is 15.4. The highest BCUT2D eigenvalue weighted by atomic mass is 32.2. The Morgan fingerprint density at radius 1 is 1.15 bits per heavy atom. The number of rotatable bonds is 4. The van der Waals surface area contributed by atoms with Crippen LogP contribution in [-0.2, 0) is 16.4 Å². The summed E-state index contributed by atoms with van der Waals surface area (Å²) in [6.07, 6.45) is 1.37. The highest BCUT2D eigenvalue weighted by Gasteiger charge is 2.37. The zero-order valence-corrected chi connectivity index (χ0v) is 16.2. The van der Waals surface area contributed by atoms with Crippen molar-refractivity contribution >= 4 is 26.7 Å². The minimum absolute atomic E-state index is 0.0777. The number of ketones is 1. The maximum Gasteiger partial charge on any atom is 0.243 e. The van der Waals surface area contributed by atoms with Gasteiger partial charge in [0.1, 0.15) is 0 Å². The third kappa shape index (κ3) is 2.89. The maximum atomic E-state index is 13.3. The largest absolute Gasteiger partial charge is 0.357 e. The molecule has 0 bridgehead atoms. The van der Waals surface area contributed by atoms with E-state index in [0.29, 0.717) is 24.9 Å². The monoisotopic (exact) mass is 382 g/mol. The summed E-state index contributed by atoms with van der Waals surface area (Å²) in [7, 11) is -3.64. The lowest BCUT2D eigenvalue weighted by atomic mass is 9.98. The van der Waals surface area contributed by atoms with Crippen molar-refractivity contribution in [1.82, 2.24) is 9.29 Å². The molecule has 6 heteroatoms.